The van der Waals surface area contributed by atoms with Gasteiger partial charge in [-0.3, -0.25) is 4.79 Å². The molecule has 0 aromatic heterocycles. The normalized spacial score (nSPS) is 14.6. The molecule has 0 spiro atoms. The van der Waals surface area contributed by atoms with Crippen LogP contribution in [-0.2, 0) is 4.79 Å². The first kappa shape index (κ1) is 14.2. The molecule has 0 bridgehead atoms. The van der Waals surface area contributed by atoms with Crippen molar-refractivity contribution in [2.45, 2.75) is 25.0 Å². The Balaban J connectivity index is 0. The zero-order valence-corrected chi connectivity index (χ0v) is 7.46. The van der Waals surface area contributed by atoms with Crippen LogP contribution < -0.4 is 11.5 Å². The number of carboxylic acids is 1. The summed E-state index contributed by atoms with van der Waals surface area (Å²) >= 11 is 0. The van der Waals surface area contributed by atoms with Crippen LogP contribution in [0, 0.1) is 0 Å². The second kappa shape index (κ2) is 7.30. The molecule has 0 saturated heterocycles. The highest BCUT2D eigenvalue weighted by Gasteiger charge is 2.12. The molecule has 0 aromatic carbocycles. The third-order valence-corrected chi connectivity index (χ3v) is 1.40. The van der Waals surface area contributed by atoms with E-state index in [1.807, 2.05) is 0 Å². The summed E-state index contributed by atoms with van der Waals surface area (Å²) < 4.78 is 0. The lowest BCUT2D eigenvalue weighted by Gasteiger charge is -2.09. The van der Waals surface area contributed by atoms with Crippen LogP contribution in [-0.4, -0.2) is 34.9 Å². The molecule has 0 aliphatic carbocycles. The van der Waals surface area contributed by atoms with Crippen molar-refractivity contribution in [1.82, 2.24) is 0 Å². The fourth-order valence-corrected chi connectivity index (χ4v) is 0.613. The van der Waals surface area contributed by atoms with Gasteiger partial charge in [-0.25, -0.2) is 0 Å². The van der Waals surface area contributed by atoms with Crippen LogP contribution >= 0.6 is 12.4 Å². The summed E-state index contributed by atoms with van der Waals surface area (Å²) in [5.74, 6) is -1.05. The standard InChI is InChI=1S/C6H14N2O3.ClH/c7-3-4(9)1-2-5(8)6(10)11;/h4-5,9H,1-3,7-8H2,(H,10,11);1H/t4-,5+;/m0./s1. The highest BCUT2D eigenvalue weighted by Crippen LogP contribution is 1.98. The van der Waals surface area contributed by atoms with Gasteiger partial charge in [0.25, 0.3) is 0 Å². The Morgan fingerprint density at radius 2 is 1.92 bits per heavy atom. The molecule has 12 heavy (non-hydrogen) atoms. The summed E-state index contributed by atoms with van der Waals surface area (Å²) in [6, 6.07) is -0.892. The van der Waals surface area contributed by atoms with Gasteiger partial charge >= 0.3 is 5.97 Å². The quantitative estimate of drug-likeness (QED) is 0.449. The number of aliphatic hydroxyl groups excluding tert-OH is 1. The zero-order chi connectivity index (χ0) is 8.85. The van der Waals surface area contributed by atoms with Crippen molar-refractivity contribution < 1.29 is 15.0 Å². The second-order valence-corrected chi connectivity index (χ2v) is 2.41. The molecule has 6 heteroatoms. The monoisotopic (exact) mass is 198 g/mol. The number of carboxylic acid groups (broad SMARTS) is 1. The highest BCUT2D eigenvalue weighted by molar-refractivity contribution is 5.85. The van der Waals surface area contributed by atoms with E-state index in [-0.39, 0.29) is 25.4 Å². The minimum absolute atomic E-state index is 0. The van der Waals surface area contributed by atoms with E-state index in [4.69, 9.17) is 21.7 Å². The first-order chi connectivity index (χ1) is 5.07. The molecule has 0 fully saturated rings. The molecule has 0 rings (SSSR count). The van der Waals surface area contributed by atoms with Gasteiger partial charge in [0.15, 0.2) is 0 Å². The Bertz CT molecular complexity index is 134. The molecule has 0 amide bonds. The van der Waals surface area contributed by atoms with Crippen LogP contribution in [0.3, 0.4) is 0 Å². The van der Waals surface area contributed by atoms with Gasteiger partial charge in [-0.1, -0.05) is 0 Å². The molecule has 0 aliphatic rings. The van der Waals surface area contributed by atoms with Gasteiger partial charge < -0.3 is 21.7 Å². The molecule has 6 N–H and O–H groups in total. The van der Waals surface area contributed by atoms with E-state index in [0.29, 0.717) is 6.42 Å². The molecule has 5 nitrogen and oxygen atoms in total. The molecule has 0 aromatic rings. The van der Waals surface area contributed by atoms with Crippen molar-refractivity contribution in [3.05, 3.63) is 0 Å². The SMILES string of the molecule is Cl.NC[C@@H](O)CC[C@@H](N)C(=O)O. The minimum Gasteiger partial charge on any atom is -0.480 e. The van der Waals surface area contributed by atoms with E-state index in [9.17, 15) is 4.79 Å². The summed E-state index contributed by atoms with van der Waals surface area (Å²) in [5.41, 5.74) is 10.3. The highest BCUT2D eigenvalue weighted by atomic mass is 35.5. The van der Waals surface area contributed by atoms with E-state index in [1.54, 1.807) is 0 Å². The molecular weight excluding hydrogens is 184 g/mol. The smallest absolute Gasteiger partial charge is 0.320 e. The van der Waals surface area contributed by atoms with Crippen LogP contribution in [0.5, 0.6) is 0 Å². The van der Waals surface area contributed by atoms with E-state index in [1.165, 1.54) is 0 Å². The summed E-state index contributed by atoms with van der Waals surface area (Å²) in [4.78, 5) is 10.2. The third-order valence-electron chi connectivity index (χ3n) is 1.40. The number of aliphatic carboxylic acids is 1. The number of halogens is 1. The van der Waals surface area contributed by atoms with Crippen LogP contribution in [0.2, 0.25) is 0 Å². The molecular formula is C6H15ClN2O3. The van der Waals surface area contributed by atoms with Crippen LogP contribution in [0.25, 0.3) is 0 Å². The van der Waals surface area contributed by atoms with Gasteiger partial charge in [-0.05, 0) is 12.8 Å². The Kier molecular flexibility index (Phi) is 8.62. The average molecular weight is 199 g/mol. The number of aliphatic hydroxyl groups is 1. The van der Waals surface area contributed by atoms with Crippen LogP contribution in [0.15, 0.2) is 0 Å². The third kappa shape index (κ3) is 6.36. The molecule has 0 radical (unpaired) electrons. The van der Waals surface area contributed by atoms with Crippen molar-refractivity contribution in [3.63, 3.8) is 0 Å². The van der Waals surface area contributed by atoms with Crippen molar-refractivity contribution in [3.8, 4) is 0 Å². The Morgan fingerprint density at radius 1 is 1.42 bits per heavy atom. The molecule has 74 valence electrons. The number of hydrogen-bond donors (Lipinski definition) is 4. The van der Waals surface area contributed by atoms with Crippen molar-refractivity contribution in [2.75, 3.05) is 6.54 Å². The first-order valence-corrected chi connectivity index (χ1v) is 3.44. The Labute approximate surface area is 77.1 Å². The number of nitrogens with two attached hydrogens (primary N) is 2. The molecule has 0 heterocycles. The van der Waals surface area contributed by atoms with Gasteiger partial charge in [0.1, 0.15) is 6.04 Å². The van der Waals surface area contributed by atoms with Gasteiger partial charge in [0.05, 0.1) is 6.10 Å². The molecule has 0 saturated carbocycles. The van der Waals surface area contributed by atoms with E-state index in [0.717, 1.165) is 0 Å². The molecule has 2 atom stereocenters. The van der Waals surface area contributed by atoms with E-state index >= 15 is 0 Å². The topological polar surface area (TPSA) is 110 Å². The van der Waals surface area contributed by atoms with Crippen LogP contribution in [0.4, 0.5) is 0 Å². The fraction of sp³-hybridized carbons (Fsp3) is 0.833. The van der Waals surface area contributed by atoms with Gasteiger partial charge in [0.2, 0.25) is 0 Å². The second-order valence-electron chi connectivity index (χ2n) is 2.41. The maximum atomic E-state index is 10.2. The lowest BCUT2D eigenvalue weighted by molar-refractivity contribution is -0.138. The summed E-state index contributed by atoms with van der Waals surface area (Å²) in [6.07, 6.45) is -0.0436. The van der Waals surface area contributed by atoms with E-state index in [2.05, 4.69) is 0 Å². The predicted molar refractivity (Wildman–Crippen MR) is 47.2 cm³/mol. The van der Waals surface area contributed by atoms with E-state index < -0.39 is 18.1 Å². The summed E-state index contributed by atoms with van der Waals surface area (Å²) in [5, 5.41) is 17.2. The number of rotatable bonds is 5. The lowest BCUT2D eigenvalue weighted by atomic mass is 10.1. The largest absolute Gasteiger partial charge is 0.480 e. The van der Waals surface area contributed by atoms with Gasteiger partial charge in [0, 0.05) is 6.54 Å². The fourth-order valence-electron chi connectivity index (χ4n) is 0.613. The first-order valence-electron chi connectivity index (χ1n) is 3.44. The van der Waals surface area contributed by atoms with Crippen molar-refractivity contribution in [1.29, 1.82) is 0 Å². The maximum absolute atomic E-state index is 10.2. The summed E-state index contributed by atoms with van der Waals surface area (Å²) in [6.45, 7) is 0.145. The Morgan fingerprint density at radius 3 is 2.25 bits per heavy atom. The number of hydrogen-bond acceptors (Lipinski definition) is 4. The van der Waals surface area contributed by atoms with Gasteiger partial charge in [-0.15, -0.1) is 12.4 Å². The van der Waals surface area contributed by atoms with Crippen molar-refractivity contribution in [2.24, 2.45) is 11.5 Å². The molecule has 0 aliphatic heterocycles. The average Bonchev–Trinajstić information content (AvgIpc) is 1.99. The van der Waals surface area contributed by atoms with Gasteiger partial charge in [-0.2, -0.15) is 0 Å². The van der Waals surface area contributed by atoms with Crippen molar-refractivity contribution >= 4 is 18.4 Å². The van der Waals surface area contributed by atoms with Crippen LogP contribution in [0.1, 0.15) is 12.8 Å². The molecule has 0 unspecified atom stereocenters. The lowest BCUT2D eigenvalue weighted by Crippen LogP contribution is -2.32. The summed E-state index contributed by atoms with van der Waals surface area (Å²) in [7, 11) is 0. The maximum Gasteiger partial charge on any atom is 0.320 e. The zero-order valence-electron chi connectivity index (χ0n) is 6.64. The predicted octanol–water partition coefficient (Wildman–Crippen LogP) is -1.08. The Hall–Kier alpha value is -0.360. The number of carbonyl (C=O) groups is 1. The minimum atomic E-state index is -1.05.